The standard InChI is InChI=1S/C10H10BrNO4/c1-2-16-10-4-3-7(9(13)6-11)5-8(10)12(14)15/h3-5H,2,6H2,1H3. The normalized spacial score (nSPS) is 9.88. The summed E-state index contributed by atoms with van der Waals surface area (Å²) in [5.74, 6) is -0.0234. The van der Waals surface area contributed by atoms with Gasteiger partial charge in [-0.1, -0.05) is 15.9 Å². The molecule has 0 fully saturated rings. The second-order valence-corrected chi connectivity index (χ2v) is 3.49. The summed E-state index contributed by atoms with van der Waals surface area (Å²) in [5.41, 5.74) is 0.112. The van der Waals surface area contributed by atoms with Gasteiger partial charge in [0.15, 0.2) is 11.5 Å². The molecule has 16 heavy (non-hydrogen) atoms. The minimum absolute atomic E-state index is 0.137. The van der Waals surface area contributed by atoms with Crippen molar-refractivity contribution < 1.29 is 14.5 Å². The zero-order chi connectivity index (χ0) is 12.1. The molecule has 0 saturated heterocycles. The number of nitro benzene ring substituents is 1. The maximum atomic E-state index is 11.3. The first-order valence-electron chi connectivity index (χ1n) is 4.60. The Kier molecular flexibility index (Phi) is 4.42. The third kappa shape index (κ3) is 2.79. The molecule has 5 nitrogen and oxygen atoms in total. The van der Waals surface area contributed by atoms with E-state index in [0.29, 0.717) is 12.2 Å². The number of ether oxygens (including phenoxy) is 1. The summed E-state index contributed by atoms with van der Waals surface area (Å²) in [6, 6.07) is 4.19. The molecule has 0 unspecified atom stereocenters. The third-order valence-electron chi connectivity index (χ3n) is 1.90. The van der Waals surface area contributed by atoms with Gasteiger partial charge in [0.1, 0.15) is 0 Å². The predicted octanol–water partition coefficient (Wildman–Crippen LogP) is 2.57. The molecule has 1 aromatic carbocycles. The molecule has 0 aromatic heterocycles. The van der Waals surface area contributed by atoms with Gasteiger partial charge in [-0.15, -0.1) is 0 Å². The number of hydrogen-bond acceptors (Lipinski definition) is 4. The smallest absolute Gasteiger partial charge is 0.311 e. The van der Waals surface area contributed by atoms with E-state index in [0.717, 1.165) is 0 Å². The van der Waals surface area contributed by atoms with Crippen LogP contribution in [0.25, 0.3) is 0 Å². The first kappa shape index (κ1) is 12.6. The Hall–Kier alpha value is -1.43. The molecule has 0 N–H and O–H groups in total. The van der Waals surface area contributed by atoms with E-state index in [1.54, 1.807) is 6.92 Å². The molecule has 1 aromatic rings. The predicted molar refractivity (Wildman–Crippen MR) is 62.4 cm³/mol. The molecule has 0 radical (unpaired) electrons. The summed E-state index contributed by atoms with van der Waals surface area (Å²) in [6.07, 6.45) is 0. The Bertz CT molecular complexity index is 419. The first-order chi connectivity index (χ1) is 7.60. The maximum Gasteiger partial charge on any atom is 0.311 e. The van der Waals surface area contributed by atoms with Crippen LogP contribution in [0.4, 0.5) is 5.69 Å². The molecule has 0 heterocycles. The van der Waals surface area contributed by atoms with Crippen LogP contribution < -0.4 is 4.74 Å². The zero-order valence-electron chi connectivity index (χ0n) is 8.60. The number of Topliss-reactive ketones (excluding diaryl/α,β-unsaturated/α-hetero) is 1. The van der Waals surface area contributed by atoms with Gasteiger partial charge in [0.05, 0.1) is 16.9 Å². The van der Waals surface area contributed by atoms with E-state index in [1.165, 1.54) is 18.2 Å². The SMILES string of the molecule is CCOc1ccc(C(=O)CBr)cc1[N+](=O)[O-]. The summed E-state index contributed by atoms with van der Waals surface area (Å²) < 4.78 is 5.10. The highest BCUT2D eigenvalue weighted by Crippen LogP contribution is 2.28. The Morgan fingerprint density at radius 3 is 2.75 bits per heavy atom. The number of carbonyl (C=O) groups is 1. The van der Waals surface area contributed by atoms with Gasteiger partial charge in [0, 0.05) is 11.6 Å². The van der Waals surface area contributed by atoms with Crippen LogP contribution in [0.3, 0.4) is 0 Å². The average Bonchev–Trinajstić information content (AvgIpc) is 2.28. The highest BCUT2D eigenvalue weighted by Gasteiger charge is 2.17. The van der Waals surface area contributed by atoms with Crippen LogP contribution in [0.2, 0.25) is 0 Å². The van der Waals surface area contributed by atoms with Crippen LogP contribution in [0, 0.1) is 10.1 Å². The second kappa shape index (κ2) is 5.60. The van der Waals surface area contributed by atoms with Crippen LogP contribution >= 0.6 is 15.9 Å². The largest absolute Gasteiger partial charge is 0.487 e. The summed E-state index contributed by atoms with van der Waals surface area (Å²) in [5, 5.41) is 10.9. The lowest BCUT2D eigenvalue weighted by Crippen LogP contribution is -2.03. The van der Waals surface area contributed by atoms with Crippen molar-refractivity contribution in [3.05, 3.63) is 33.9 Å². The van der Waals surface area contributed by atoms with Crippen molar-refractivity contribution in [1.82, 2.24) is 0 Å². The first-order valence-corrected chi connectivity index (χ1v) is 5.72. The number of rotatable bonds is 5. The second-order valence-electron chi connectivity index (χ2n) is 2.93. The summed E-state index contributed by atoms with van der Waals surface area (Å²) in [4.78, 5) is 21.5. The third-order valence-corrected chi connectivity index (χ3v) is 2.41. The van der Waals surface area contributed by atoms with E-state index in [2.05, 4.69) is 15.9 Å². The number of halogens is 1. The lowest BCUT2D eigenvalue weighted by Gasteiger charge is -2.05. The fourth-order valence-corrected chi connectivity index (χ4v) is 1.51. The quantitative estimate of drug-likeness (QED) is 0.361. The van der Waals surface area contributed by atoms with Crippen LogP contribution in [-0.4, -0.2) is 22.6 Å². The number of nitro groups is 1. The van der Waals surface area contributed by atoms with Crippen LogP contribution in [0.5, 0.6) is 5.75 Å². The number of hydrogen-bond donors (Lipinski definition) is 0. The molecule has 0 saturated carbocycles. The fraction of sp³-hybridized carbons (Fsp3) is 0.300. The maximum absolute atomic E-state index is 11.3. The van der Waals surface area contributed by atoms with Crippen LogP contribution in [-0.2, 0) is 0 Å². The van der Waals surface area contributed by atoms with Crippen LogP contribution in [0.15, 0.2) is 18.2 Å². The van der Waals surface area contributed by atoms with Gasteiger partial charge in [-0.25, -0.2) is 0 Å². The lowest BCUT2D eigenvalue weighted by molar-refractivity contribution is -0.385. The van der Waals surface area contributed by atoms with Crippen molar-refractivity contribution >= 4 is 27.4 Å². The molecular weight excluding hydrogens is 278 g/mol. The molecule has 0 aliphatic carbocycles. The molecule has 6 heteroatoms. The fourth-order valence-electron chi connectivity index (χ4n) is 1.19. The molecule has 86 valence electrons. The van der Waals surface area contributed by atoms with Crippen molar-refractivity contribution in [2.75, 3.05) is 11.9 Å². The van der Waals surface area contributed by atoms with Crippen molar-refractivity contribution in [3.8, 4) is 5.75 Å². The molecule has 1 rings (SSSR count). The highest BCUT2D eigenvalue weighted by atomic mass is 79.9. The molecule has 0 bridgehead atoms. The lowest BCUT2D eigenvalue weighted by atomic mass is 10.1. The van der Waals surface area contributed by atoms with Crippen molar-refractivity contribution in [3.63, 3.8) is 0 Å². The average molecular weight is 288 g/mol. The Balaban J connectivity index is 3.17. The topological polar surface area (TPSA) is 69.4 Å². The van der Waals surface area contributed by atoms with E-state index in [4.69, 9.17) is 4.74 Å². The molecule has 0 aliphatic heterocycles. The minimum atomic E-state index is -0.560. The van der Waals surface area contributed by atoms with Gasteiger partial charge in [-0.2, -0.15) is 0 Å². The number of ketones is 1. The number of benzene rings is 1. The minimum Gasteiger partial charge on any atom is -0.487 e. The highest BCUT2D eigenvalue weighted by molar-refractivity contribution is 9.09. The summed E-state index contributed by atoms with van der Waals surface area (Å²) in [7, 11) is 0. The molecule has 0 amide bonds. The number of nitrogens with zero attached hydrogens (tertiary/aromatic N) is 1. The molecule has 0 atom stereocenters. The Morgan fingerprint density at radius 2 is 2.25 bits per heavy atom. The monoisotopic (exact) mass is 287 g/mol. The van der Waals surface area contributed by atoms with Crippen molar-refractivity contribution in [1.29, 1.82) is 0 Å². The molecule has 0 spiro atoms. The summed E-state index contributed by atoms with van der Waals surface area (Å²) >= 11 is 3.01. The van der Waals surface area contributed by atoms with Crippen molar-refractivity contribution in [2.24, 2.45) is 0 Å². The van der Waals surface area contributed by atoms with E-state index >= 15 is 0 Å². The van der Waals surface area contributed by atoms with Gasteiger partial charge < -0.3 is 4.74 Å². The summed E-state index contributed by atoms with van der Waals surface area (Å²) in [6.45, 7) is 2.08. The van der Waals surface area contributed by atoms with Gasteiger partial charge in [0.2, 0.25) is 0 Å². The van der Waals surface area contributed by atoms with Crippen LogP contribution in [0.1, 0.15) is 17.3 Å². The molecule has 0 aliphatic rings. The van der Waals surface area contributed by atoms with Gasteiger partial charge in [0.25, 0.3) is 0 Å². The van der Waals surface area contributed by atoms with E-state index in [1.807, 2.05) is 0 Å². The van der Waals surface area contributed by atoms with Gasteiger partial charge >= 0.3 is 5.69 Å². The molecular formula is C10H10BrNO4. The van der Waals surface area contributed by atoms with E-state index in [-0.39, 0.29) is 22.6 Å². The number of carbonyl (C=O) groups excluding carboxylic acids is 1. The Labute approximate surface area is 101 Å². The zero-order valence-corrected chi connectivity index (χ0v) is 10.2. The van der Waals surface area contributed by atoms with Gasteiger partial charge in [-0.05, 0) is 19.1 Å². The van der Waals surface area contributed by atoms with Gasteiger partial charge in [-0.3, -0.25) is 14.9 Å². The number of alkyl halides is 1. The van der Waals surface area contributed by atoms with E-state index in [9.17, 15) is 14.9 Å². The Morgan fingerprint density at radius 1 is 1.56 bits per heavy atom. The van der Waals surface area contributed by atoms with Crippen molar-refractivity contribution in [2.45, 2.75) is 6.92 Å². The van der Waals surface area contributed by atoms with E-state index < -0.39 is 4.92 Å².